The highest BCUT2D eigenvalue weighted by Gasteiger charge is 2.25. The van der Waals surface area contributed by atoms with Gasteiger partial charge in [0, 0.05) is 18.7 Å². The minimum absolute atomic E-state index is 0.139. The zero-order chi connectivity index (χ0) is 23.3. The maximum absolute atomic E-state index is 12.9. The summed E-state index contributed by atoms with van der Waals surface area (Å²) in [6, 6.07) is 11.6. The molecule has 2 aromatic rings. The van der Waals surface area contributed by atoms with E-state index in [4.69, 9.17) is 27.9 Å². The molecule has 2 N–H and O–H groups in total. The number of hydrogen-bond acceptors (Lipinski definition) is 4. The van der Waals surface area contributed by atoms with Crippen LogP contribution in [0.2, 0.25) is 10.0 Å². The fourth-order valence-corrected chi connectivity index (χ4v) is 3.69. The van der Waals surface area contributed by atoms with Crippen LogP contribution in [0.25, 0.3) is 0 Å². The number of halogens is 2. The van der Waals surface area contributed by atoms with E-state index in [1.54, 1.807) is 24.3 Å². The third kappa shape index (κ3) is 8.21. The molecule has 0 unspecified atom stereocenters. The highest BCUT2D eigenvalue weighted by molar-refractivity contribution is 6.39. The normalized spacial score (nSPS) is 11.5. The maximum Gasteiger partial charge on any atom is 0.328 e. The molecule has 2 rings (SSSR count). The fourth-order valence-electron chi connectivity index (χ4n) is 3.13. The third-order valence-corrected chi connectivity index (χ3v) is 5.50. The van der Waals surface area contributed by atoms with Gasteiger partial charge in [0.1, 0.15) is 6.04 Å². The first kappa shape index (κ1) is 25.8. The SMILES string of the molecule is C=CCNc1ccc(C[C@H](NC(=O)c2c(Cl)cccc2Cl)C(=O)OCCCCCC)cc1. The lowest BCUT2D eigenvalue weighted by Gasteiger charge is -2.19. The zero-order valence-corrected chi connectivity index (χ0v) is 19.8. The summed E-state index contributed by atoms with van der Waals surface area (Å²) in [5.41, 5.74) is 1.96. The van der Waals surface area contributed by atoms with Gasteiger partial charge in [-0.2, -0.15) is 0 Å². The Balaban J connectivity index is 2.12. The van der Waals surface area contributed by atoms with Crippen molar-refractivity contribution in [1.29, 1.82) is 0 Å². The summed E-state index contributed by atoms with van der Waals surface area (Å²) in [7, 11) is 0. The lowest BCUT2D eigenvalue weighted by Crippen LogP contribution is -2.43. The van der Waals surface area contributed by atoms with Crippen LogP contribution in [0.1, 0.15) is 48.5 Å². The van der Waals surface area contributed by atoms with Crippen molar-refractivity contribution in [1.82, 2.24) is 5.32 Å². The molecule has 0 aliphatic heterocycles. The minimum Gasteiger partial charge on any atom is -0.464 e. The van der Waals surface area contributed by atoms with Gasteiger partial charge in [0.05, 0.1) is 22.2 Å². The lowest BCUT2D eigenvalue weighted by atomic mass is 10.0. The fraction of sp³-hybridized carbons (Fsp3) is 0.360. The molecular weight excluding hydrogens is 447 g/mol. The molecule has 0 aromatic heterocycles. The first-order valence-electron chi connectivity index (χ1n) is 10.8. The number of anilines is 1. The summed E-state index contributed by atoms with van der Waals surface area (Å²) in [5.74, 6) is -0.996. The van der Waals surface area contributed by atoms with Crippen LogP contribution in [0, 0.1) is 0 Å². The second kappa shape index (κ2) is 13.8. The van der Waals surface area contributed by atoms with Crippen LogP contribution in [0.4, 0.5) is 5.69 Å². The second-order valence-corrected chi connectivity index (χ2v) is 8.24. The summed E-state index contributed by atoms with van der Waals surface area (Å²) < 4.78 is 5.45. The van der Waals surface area contributed by atoms with Crippen molar-refractivity contribution in [3.8, 4) is 0 Å². The van der Waals surface area contributed by atoms with Crippen LogP contribution in [0.3, 0.4) is 0 Å². The van der Waals surface area contributed by atoms with Crippen LogP contribution in [-0.2, 0) is 16.0 Å². The van der Waals surface area contributed by atoms with Gasteiger partial charge in [-0.15, -0.1) is 6.58 Å². The number of benzene rings is 2. The highest BCUT2D eigenvalue weighted by Crippen LogP contribution is 2.24. The first-order chi connectivity index (χ1) is 15.5. The van der Waals surface area contributed by atoms with Crippen LogP contribution < -0.4 is 10.6 Å². The molecule has 32 heavy (non-hydrogen) atoms. The Kier molecular flexibility index (Phi) is 11.1. The Morgan fingerprint density at radius 1 is 1.06 bits per heavy atom. The van der Waals surface area contributed by atoms with Crippen molar-refractivity contribution in [2.75, 3.05) is 18.5 Å². The second-order valence-electron chi connectivity index (χ2n) is 7.42. The van der Waals surface area contributed by atoms with E-state index < -0.39 is 17.9 Å². The molecule has 0 saturated carbocycles. The number of ether oxygens (including phenoxy) is 1. The van der Waals surface area contributed by atoms with E-state index in [1.807, 2.05) is 24.3 Å². The molecule has 0 spiro atoms. The smallest absolute Gasteiger partial charge is 0.328 e. The molecule has 172 valence electrons. The summed E-state index contributed by atoms with van der Waals surface area (Å²) >= 11 is 12.3. The van der Waals surface area contributed by atoms with E-state index in [-0.39, 0.29) is 22.0 Å². The topological polar surface area (TPSA) is 67.4 Å². The van der Waals surface area contributed by atoms with Crippen molar-refractivity contribution >= 4 is 40.8 Å². The Morgan fingerprint density at radius 3 is 2.38 bits per heavy atom. The van der Waals surface area contributed by atoms with E-state index in [0.29, 0.717) is 13.2 Å². The molecular formula is C25H30Cl2N2O3. The lowest BCUT2D eigenvalue weighted by molar-refractivity contribution is -0.146. The molecule has 5 nitrogen and oxygen atoms in total. The molecule has 7 heteroatoms. The van der Waals surface area contributed by atoms with Crippen LogP contribution in [-0.4, -0.2) is 31.1 Å². The molecule has 1 amide bonds. The number of esters is 1. The van der Waals surface area contributed by atoms with Crippen molar-refractivity contribution in [3.63, 3.8) is 0 Å². The molecule has 2 aromatic carbocycles. The number of rotatable bonds is 13. The van der Waals surface area contributed by atoms with E-state index >= 15 is 0 Å². The summed E-state index contributed by atoms with van der Waals surface area (Å²) in [6.45, 7) is 6.78. The summed E-state index contributed by atoms with van der Waals surface area (Å²) in [4.78, 5) is 25.7. The number of nitrogens with one attached hydrogen (secondary N) is 2. The number of hydrogen-bond donors (Lipinski definition) is 2. The van der Waals surface area contributed by atoms with E-state index in [2.05, 4.69) is 24.1 Å². The van der Waals surface area contributed by atoms with Gasteiger partial charge in [-0.25, -0.2) is 4.79 Å². The Labute approximate surface area is 200 Å². The predicted molar refractivity (Wildman–Crippen MR) is 132 cm³/mol. The molecule has 0 fully saturated rings. The molecule has 0 radical (unpaired) electrons. The summed E-state index contributed by atoms with van der Waals surface area (Å²) in [5, 5.41) is 6.40. The molecule has 0 saturated heterocycles. The zero-order valence-electron chi connectivity index (χ0n) is 18.3. The van der Waals surface area contributed by atoms with Gasteiger partial charge in [-0.05, 0) is 36.2 Å². The highest BCUT2D eigenvalue weighted by atomic mass is 35.5. The van der Waals surface area contributed by atoms with Gasteiger partial charge in [-0.3, -0.25) is 4.79 Å². The monoisotopic (exact) mass is 476 g/mol. The molecule has 0 bridgehead atoms. The van der Waals surface area contributed by atoms with Gasteiger partial charge in [-0.1, -0.05) is 73.7 Å². The largest absolute Gasteiger partial charge is 0.464 e. The van der Waals surface area contributed by atoms with Crippen LogP contribution in [0.5, 0.6) is 0 Å². The Hall–Kier alpha value is -2.50. The van der Waals surface area contributed by atoms with E-state index in [1.165, 1.54) is 0 Å². The Morgan fingerprint density at radius 2 is 1.75 bits per heavy atom. The van der Waals surface area contributed by atoms with Crippen LogP contribution in [0.15, 0.2) is 55.1 Å². The quantitative estimate of drug-likeness (QED) is 0.209. The van der Waals surface area contributed by atoms with Gasteiger partial charge < -0.3 is 15.4 Å². The van der Waals surface area contributed by atoms with Crippen molar-refractivity contribution in [2.45, 2.75) is 45.1 Å². The average molecular weight is 477 g/mol. The maximum atomic E-state index is 12.9. The predicted octanol–water partition coefficient (Wildman–Crippen LogP) is 6.06. The van der Waals surface area contributed by atoms with Crippen molar-refractivity contribution in [3.05, 3.63) is 76.3 Å². The van der Waals surface area contributed by atoms with Gasteiger partial charge in [0.25, 0.3) is 5.91 Å². The first-order valence-corrected chi connectivity index (χ1v) is 11.6. The number of amides is 1. The van der Waals surface area contributed by atoms with E-state index in [9.17, 15) is 9.59 Å². The van der Waals surface area contributed by atoms with Crippen molar-refractivity contribution in [2.24, 2.45) is 0 Å². The van der Waals surface area contributed by atoms with E-state index in [0.717, 1.165) is 36.9 Å². The van der Waals surface area contributed by atoms with Gasteiger partial charge in [0.2, 0.25) is 0 Å². The average Bonchev–Trinajstić information content (AvgIpc) is 2.77. The van der Waals surface area contributed by atoms with Crippen molar-refractivity contribution < 1.29 is 14.3 Å². The number of unbranched alkanes of at least 4 members (excludes halogenated alkanes) is 3. The Bertz CT molecular complexity index is 880. The third-order valence-electron chi connectivity index (χ3n) is 4.87. The number of carbonyl (C=O) groups excluding carboxylic acids is 2. The van der Waals surface area contributed by atoms with Crippen LogP contribution >= 0.6 is 23.2 Å². The molecule has 0 aliphatic rings. The number of carbonyl (C=O) groups is 2. The van der Waals surface area contributed by atoms with Gasteiger partial charge in [0.15, 0.2) is 0 Å². The molecule has 1 atom stereocenters. The minimum atomic E-state index is -0.868. The van der Waals surface area contributed by atoms with Gasteiger partial charge >= 0.3 is 5.97 Å². The standard InChI is InChI=1S/C25H30Cl2N2O3/c1-3-5-6-7-16-32-25(31)22(17-18-11-13-19(14-12-18)28-15-4-2)29-24(30)23-20(26)9-8-10-21(23)27/h4,8-14,22,28H,2-3,5-7,15-17H2,1H3,(H,29,30)/t22-/m0/s1. The molecule has 0 heterocycles. The summed E-state index contributed by atoms with van der Waals surface area (Å²) in [6.07, 6.45) is 6.03. The molecule has 0 aliphatic carbocycles.